The quantitative estimate of drug-likeness (QED) is 0.900. The van der Waals surface area contributed by atoms with E-state index in [4.69, 9.17) is 5.11 Å². The fourth-order valence-electron chi connectivity index (χ4n) is 1.63. The van der Waals surface area contributed by atoms with E-state index in [1.807, 2.05) is 13.0 Å². The maximum atomic E-state index is 12.1. The molecule has 0 saturated heterocycles. The summed E-state index contributed by atoms with van der Waals surface area (Å²) in [7, 11) is -3.65. The summed E-state index contributed by atoms with van der Waals surface area (Å²) in [6.07, 6.45) is 0. The molecule has 0 fully saturated rings. The molecule has 0 aliphatic rings. The van der Waals surface area contributed by atoms with Crippen LogP contribution in [-0.4, -0.2) is 13.5 Å². The highest BCUT2D eigenvalue weighted by Crippen LogP contribution is 2.22. The first kappa shape index (κ1) is 13.9. The smallest absolute Gasteiger partial charge is 0.261 e. The molecular weight excluding hydrogens is 330 g/mol. The average molecular weight is 342 g/mol. The third kappa shape index (κ3) is 3.48. The van der Waals surface area contributed by atoms with Gasteiger partial charge in [-0.15, -0.1) is 0 Å². The molecule has 0 saturated carbocycles. The number of anilines is 1. The minimum atomic E-state index is -3.65. The highest BCUT2D eigenvalue weighted by Gasteiger charge is 2.14. The van der Waals surface area contributed by atoms with Gasteiger partial charge < -0.3 is 5.11 Å². The zero-order valence-electron chi connectivity index (χ0n) is 10.1. The van der Waals surface area contributed by atoms with Gasteiger partial charge in [-0.05, 0) is 55.0 Å². The molecule has 0 radical (unpaired) electrons. The normalized spacial score (nSPS) is 11.3. The molecule has 0 heterocycles. The Labute approximate surface area is 120 Å². The molecule has 6 heteroatoms. The van der Waals surface area contributed by atoms with Gasteiger partial charge in [0.2, 0.25) is 0 Å². The van der Waals surface area contributed by atoms with Gasteiger partial charge >= 0.3 is 0 Å². The molecule has 2 aromatic rings. The summed E-state index contributed by atoms with van der Waals surface area (Å²) in [6.45, 7) is 1.88. The topological polar surface area (TPSA) is 66.4 Å². The zero-order valence-corrected chi connectivity index (χ0v) is 12.5. The largest absolute Gasteiger partial charge is 0.508 e. The van der Waals surface area contributed by atoms with Crippen LogP contribution in [0.15, 0.2) is 51.8 Å². The van der Waals surface area contributed by atoms with Crippen molar-refractivity contribution in [2.75, 3.05) is 4.72 Å². The lowest BCUT2D eigenvalue weighted by atomic mass is 10.2. The van der Waals surface area contributed by atoms with E-state index >= 15 is 0 Å². The van der Waals surface area contributed by atoms with Crippen molar-refractivity contribution in [3.8, 4) is 5.75 Å². The van der Waals surface area contributed by atoms with Crippen molar-refractivity contribution in [2.45, 2.75) is 11.8 Å². The number of aryl methyl sites for hydroxylation is 1. The van der Waals surface area contributed by atoms with Gasteiger partial charge in [-0.1, -0.05) is 15.9 Å². The summed E-state index contributed by atoms with van der Waals surface area (Å²) < 4.78 is 27.6. The van der Waals surface area contributed by atoms with E-state index in [2.05, 4.69) is 20.7 Å². The number of halogens is 1. The SMILES string of the molecule is Cc1cc(Br)cc(NS(=O)(=O)c2ccc(O)cc2)c1. The first-order chi connectivity index (χ1) is 8.87. The Morgan fingerprint density at radius 2 is 1.74 bits per heavy atom. The Hall–Kier alpha value is -1.53. The van der Waals surface area contributed by atoms with Crippen LogP contribution in [0, 0.1) is 6.92 Å². The minimum absolute atomic E-state index is 0.0252. The van der Waals surface area contributed by atoms with Crippen molar-refractivity contribution in [3.63, 3.8) is 0 Å². The lowest BCUT2D eigenvalue weighted by molar-refractivity contribution is 0.475. The highest BCUT2D eigenvalue weighted by atomic mass is 79.9. The molecule has 0 bridgehead atoms. The molecule has 0 unspecified atom stereocenters. The van der Waals surface area contributed by atoms with Crippen molar-refractivity contribution in [1.82, 2.24) is 0 Å². The van der Waals surface area contributed by atoms with E-state index in [1.165, 1.54) is 24.3 Å². The number of sulfonamides is 1. The van der Waals surface area contributed by atoms with E-state index in [9.17, 15) is 8.42 Å². The van der Waals surface area contributed by atoms with E-state index in [0.29, 0.717) is 5.69 Å². The van der Waals surface area contributed by atoms with Gasteiger partial charge in [0.15, 0.2) is 0 Å². The summed E-state index contributed by atoms with van der Waals surface area (Å²) in [6, 6.07) is 10.7. The van der Waals surface area contributed by atoms with E-state index < -0.39 is 10.0 Å². The second kappa shape index (κ2) is 5.22. The van der Waals surface area contributed by atoms with Crippen LogP contribution in [0.2, 0.25) is 0 Å². The van der Waals surface area contributed by atoms with Gasteiger partial charge in [-0.3, -0.25) is 4.72 Å². The fourth-order valence-corrected chi connectivity index (χ4v) is 3.28. The minimum Gasteiger partial charge on any atom is -0.508 e. The van der Waals surface area contributed by atoms with Crippen LogP contribution in [0.3, 0.4) is 0 Å². The molecular formula is C13H12BrNO3S. The molecule has 0 aliphatic heterocycles. The Morgan fingerprint density at radius 3 is 2.32 bits per heavy atom. The third-order valence-electron chi connectivity index (χ3n) is 2.44. The molecule has 2 aromatic carbocycles. The molecule has 2 N–H and O–H groups in total. The molecule has 2 rings (SSSR count). The van der Waals surface area contributed by atoms with Gasteiger partial charge in [0, 0.05) is 4.47 Å². The van der Waals surface area contributed by atoms with Crippen LogP contribution in [0.1, 0.15) is 5.56 Å². The zero-order chi connectivity index (χ0) is 14.0. The molecule has 0 atom stereocenters. The number of hydrogen-bond donors (Lipinski definition) is 2. The molecule has 0 spiro atoms. The summed E-state index contributed by atoms with van der Waals surface area (Å²) in [5.74, 6) is 0.0252. The molecule has 0 aliphatic carbocycles. The van der Waals surface area contributed by atoms with E-state index in [1.54, 1.807) is 12.1 Å². The Kier molecular flexibility index (Phi) is 3.82. The summed E-state index contributed by atoms with van der Waals surface area (Å²) >= 11 is 3.32. The first-order valence-electron chi connectivity index (χ1n) is 5.46. The van der Waals surface area contributed by atoms with Crippen molar-refractivity contribution in [3.05, 3.63) is 52.5 Å². The van der Waals surface area contributed by atoms with Crippen LogP contribution in [-0.2, 0) is 10.0 Å². The molecule has 100 valence electrons. The van der Waals surface area contributed by atoms with Crippen LogP contribution in [0.4, 0.5) is 5.69 Å². The van der Waals surface area contributed by atoms with Gasteiger partial charge in [0.05, 0.1) is 10.6 Å². The van der Waals surface area contributed by atoms with Crippen LogP contribution >= 0.6 is 15.9 Å². The summed E-state index contributed by atoms with van der Waals surface area (Å²) in [5.41, 5.74) is 1.43. The van der Waals surface area contributed by atoms with Gasteiger partial charge in [0.25, 0.3) is 10.0 Å². The van der Waals surface area contributed by atoms with Gasteiger partial charge in [0.1, 0.15) is 5.75 Å². The Morgan fingerprint density at radius 1 is 1.11 bits per heavy atom. The van der Waals surface area contributed by atoms with Gasteiger partial charge in [-0.25, -0.2) is 8.42 Å². The number of aromatic hydroxyl groups is 1. The summed E-state index contributed by atoms with van der Waals surface area (Å²) in [4.78, 5) is 0.0999. The number of hydrogen-bond acceptors (Lipinski definition) is 3. The summed E-state index contributed by atoms with van der Waals surface area (Å²) in [5, 5.41) is 9.16. The average Bonchev–Trinajstić information content (AvgIpc) is 2.27. The molecule has 0 aromatic heterocycles. The fraction of sp³-hybridized carbons (Fsp3) is 0.0769. The van der Waals surface area contributed by atoms with Crippen LogP contribution in [0.25, 0.3) is 0 Å². The van der Waals surface area contributed by atoms with Crippen LogP contribution in [0.5, 0.6) is 5.75 Å². The standard InChI is InChI=1S/C13H12BrNO3S/c1-9-6-10(14)8-11(7-9)15-19(17,18)13-4-2-12(16)3-5-13/h2-8,15-16H,1H3. The molecule has 0 amide bonds. The number of phenols is 1. The van der Waals surface area contributed by atoms with Crippen molar-refractivity contribution in [2.24, 2.45) is 0 Å². The predicted molar refractivity (Wildman–Crippen MR) is 77.8 cm³/mol. The number of rotatable bonds is 3. The predicted octanol–water partition coefficient (Wildman–Crippen LogP) is 3.26. The Balaban J connectivity index is 2.33. The van der Waals surface area contributed by atoms with E-state index in [0.717, 1.165) is 10.0 Å². The highest BCUT2D eigenvalue weighted by molar-refractivity contribution is 9.10. The first-order valence-corrected chi connectivity index (χ1v) is 7.73. The number of phenolic OH excluding ortho intramolecular Hbond substituents is 1. The number of nitrogens with one attached hydrogen (secondary N) is 1. The van der Waals surface area contributed by atoms with E-state index in [-0.39, 0.29) is 10.6 Å². The maximum Gasteiger partial charge on any atom is 0.261 e. The molecule has 4 nitrogen and oxygen atoms in total. The lowest BCUT2D eigenvalue weighted by Crippen LogP contribution is -2.12. The maximum absolute atomic E-state index is 12.1. The van der Waals surface area contributed by atoms with Crippen molar-refractivity contribution >= 4 is 31.6 Å². The third-order valence-corrected chi connectivity index (χ3v) is 4.30. The number of benzene rings is 2. The lowest BCUT2D eigenvalue weighted by Gasteiger charge is -2.09. The molecule has 19 heavy (non-hydrogen) atoms. The van der Waals surface area contributed by atoms with Crippen molar-refractivity contribution < 1.29 is 13.5 Å². The van der Waals surface area contributed by atoms with Crippen LogP contribution < -0.4 is 4.72 Å². The second-order valence-electron chi connectivity index (χ2n) is 4.12. The van der Waals surface area contributed by atoms with Gasteiger partial charge in [-0.2, -0.15) is 0 Å². The second-order valence-corrected chi connectivity index (χ2v) is 6.71. The Bertz CT molecular complexity index is 676. The van der Waals surface area contributed by atoms with Crippen molar-refractivity contribution in [1.29, 1.82) is 0 Å². The monoisotopic (exact) mass is 341 g/mol.